The molecular formula is C20H20N6. The van der Waals surface area contributed by atoms with Gasteiger partial charge in [0.25, 0.3) is 0 Å². The molecule has 0 aliphatic carbocycles. The molecule has 1 aliphatic heterocycles. The number of aryl methyl sites for hydroxylation is 1. The third kappa shape index (κ3) is 2.42. The van der Waals surface area contributed by atoms with Gasteiger partial charge >= 0.3 is 0 Å². The topological polar surface area (TPSA) is 62.6 Å². The highest BCUT2D eigenvalue weighted by Crippen LogP contribution is 2.32. The van der Waals surface area contributed by atoms with Crippen molar-refractivity contribution < 1.29 is 0 Å². The molecule has 4 heterocycles. The van der Waals surface area contributed by atoms with Gasteiger partial charge in [-0.3, -0.25) is 0 Å². The molecule has 0 spiro atoms. The Morgan fingerprint density at radius 3 is 2.88 bits per heavy atom. The number of aromatic amines is 1. The minimum atomic E-state index is 0.909. The second-order valence-electron chi connectivity index (χ2n) is 6.98. The smallest absolute Gasteiger partial charge is 0.137 e. The van der Waals surface area contributed by atoms with Crippen LogP contribution in [0.1, 0.15) is 12.0 Å². The number of hydrogen-bond donors (Lipinski definition) is 1. The van der Waals surface area contributed by atoms with E-state index in [0.29, 0.717) is 0 Å². The predicted octanol–water partition coefficient (Wildman–Crippen LogP) is 3.23. The van der Waals surface area contributed by atoms with Crippen molar-refractivity contribution in [3.63, 3.8) is 0 Å². The molecule has 3 aromatic heterocycles. The van der Waals surface area contributed by atoms with Crippen LogP contribution < -0.4 is 0 Å². The normalized spacial score (nSPS) is 15.7. The first-order valence-electron chi connectivity index (χ1n) is 8.84. The zero-order valence-electron chi connectivity index (χ0n) is 14.9. The molecule has 6 nitrogen and oxygen atoms in total. The van der Waals surface area contributed by atoms with Crippen LogP contribution in [0.25, 0.3) is 38.8 Å². The van der Waals surface area contributed by atoms with Crippen LogP contribution in [0, 0.1) is 0 Å². The highest BCUT2D eigenvalue weighted by molar-refractivity contribution is 5.97. The zero-order chi connectivity index (χ0) is 17.7. The van der Waals surface area contributed by atoms with Crippen molar-refractivity contribution in [3.05, 3.63) is 48.3 Å². The summed E-state index contributed by atoms with van der Waals surface area (Å²) in [6.07, 6.45) is 7.39. The lowest BCUT2D eigenvalue weighted by molar-refractivity contribution is 0.370. The first kappa shape index (κ1) is 15.3. The number of likely N-dealkylation sites (N-methyl/N-ethyl adjacent to an activating group) is 1. The van der Waals surface area contributed by atoms with Gasteiger partial charge in [0.05, 0.1) is 5.52 Å². The van der Waals surface area contributed by atoms with E-state index in [4.69, 9.17) is 0 Å². The minimum absolute atomic E-state index is 0.909. The van der Waals surface area contributed by atoms with E-state index < -0.39 is 0 Å². The van der Waals surface area contributed by atoms with Gasteiger partial charge in [-0.15, -0.1) is 5.10 Å². The number of pyridine rings is 1. The average Bonchev–Trinajstić information content (AvgIpc) is 3.25. The summed E-state index contributed by atoms with van der Waals surface area (Å²) in [5.74, 6) is 0. The molecular weight excluding hydrogens is 324 g/mol. The van der Waals surface area contributed by atoms with E-state index in [1.54, 1.807) is 4.68 Å². The first-order chi connectivity index (χ1) is 12.7. The van der Waals surface area contributed by atoms with Crippen LogP contribution in [0.15, 0.2) is 42.7 Å². The second-order valence-corrected chi connectivity index (χ2v) is 6.98. The number of nitrogens with one attached hydrogen (secondary N) is 1. The first-order valence-corrected chi connectivity index (χ1v) is 8.84. The number of H-pyrrole nitrogens is 1. The Kier molecular flexibility index (Phi) is 3.39. The van der Waals surface area contributed by atoms with Crippen molar-refractivity contribution in [3.8, 4) is 11.1 Å². The maximum absolute atomic E-state index is 4.65. The quantitative estimate of drug-likeness (QED) is 0.606. The molecule has 0 saturated heterocycles. The lowest BCUT2D eigenvalue weighted by atomic mass is 9.98. The number of hydrogen-bond acceptors (Lipinski definition) is 4. The summed E-state index contributed by atoms with van der Waals surface area (Å²) in [5.41, 5.74) is 7.76. The van der Waals surface area contributed by atoms with E-state index in [1.165, 1.54) is 11.1 Å². The van der Waals surface area contributed by atoms with E-state index >= 15 is 0 Å². The van der Waals surface area contributed by atoms with Crippen molar-refractivity contribution in [2.24, 2.45) is 7.05 Å². The van der Waals surface area contributed by atoms with Crippen LogP contribution in [-0.2, 0) is 7.05 Å². The van der Waals surface area contributed by atoms with Gasteiger partial charge in [0.15, 0.2) is 0 Å². The van der Waals surface area contributed by atoms with Gasteiger partial charge < -0.3 is 9.88 Å². The number of fused-ring (bicyclic) bond motifs is 2. The van der Waals surface area contributed by atoms with Gasteiger partial charge in [0, 0.05) is 43.5 Å². The lowest BCUT2D eigenvalue weighted by Gasteiger charge is -2.21. The molecule has 0 unspecified atom stereocenters. The summed E-state index contributed by atoms with van der Waals surface area (Å²) in [5, 5.41) is 9.41. The summed E-state index contributed by atoms with van der Waals surface area (Å²) in [6, 6.07) is 8.52. The van der Waals surface area contributed by atoms with Gasteiger partial charge in [-0.2, -0.15) is 0 Å². The Balaban J connectivity index is 1.63. The van der Waals surface area contributed by atoms with E-state index in [0.717, 1.165) is 52.7 Å². The van der Waals surface area contributed by atoms with Crippen molar-refractivity contribution in [1.29, 1.82) is 0 Å². The fourth-order valence-corrected chi connectivity index (χ4v) is 3.65. The number of nitrogens with zero attached hydrogens (tertiary/aromatic N) is 5. The fourth-order valence-electron chi connectivity index (χ4n) is 3.65. The largest absolute Gasteiger partial charge is 0.346 e. The standard InChI is InChI=1S/C20H20N6/c1-25-7-5-13(6-8-25)15-9-16-17(12-22-20(16)21-11-15)14-3-4-18-19(10-14)26(2)24-23-18/h3-5,9-12H,6-8H2,1-2H3,(H,21,22). The molecule has 1 aromatic carbocycles. The molecule has 0 bridgehead atoms. The molecule has 0 saturated carbocycles. The molecule has 130 valence electrons. The number of rotatable bonds is 2. The molecule has 5 rings (SSSR count). The van der Waals surface area contributed by atoms with Crippen molar-refractivity contribution in [1.82, 2.24) is 29.9 Å². The van der Waals surface area contributed by atoms with E-state index in [2.05, 4.69) is 56.5 Å². The van der Waals surface area contributed by atoms with Gasteiger partial charge in [0.1, 0.15) is 11.2 Å². The number of aromatic nitrogens is 5. The Morgan fingerprint density at radius 1 is 1.12 bits per heavy atom. The molecule has 1 aliphatic rings. The molecule has 0 atom stereocenters. The number of benzene rings is 1. The molecule has 1 N–H and O–H groups in total. The van der Waals surface area contributed by atoms with Crippen molar-refractivity contribution >= 4 is 27.6 Å². The lowest BCUT2D eigenvalue weighted by Crippen LogP contribution is -2.23. The maximum Gasteiger partial charge on any atom is 0.137 e. The minimum Gasteiger partial charge on any atom is -0.346 e. The molecule has 0 fully saturated rings. The molecule has 26 heavy (non-hydrogen) atoms. The second kappa shape index (κ2) is 5.78. The van der Waals surface area contributed by atoms with E-state index in [9.17, 15) is 0 Å². The van der Waals surface area contributed by atoms with Crippen LogP contribution in [0.2, 0.25) is 0 Å². The Hall–Kier alpha value is -2.99. The van der Waals surface area contributed by atoms with Crippen LogP contribution >= 0.6 is 0 Å². The zero-order valence-corrected chi connectivity index (χ0v) is 14.9. The Morgan fingerprint density at radius 2 is 2.04 bits per heavy atom. The highest BCUT2D eigenvalue weighted by atomic mass is 15.4. The van der Waals surface area contributed by atoms with Crippen molar-refractivity contribution in [2.75, 3.05) is 20.1 Å². The monoisotopic (exact) mass is 344 g/mol. The Bertz CT molecular complexity index is 1150. The molecule has 6 heteroatoms. The van der Waals surface area contributed by atoms with Crippen LogP contribution in [0.3, 0.4) is 0 Å². The van der Waals surface area contributed by atoms with Crippen LogP contribution in [0.4, 0.5) is 0 Å². The summed E-state index contributed by atoms with van der Waals surface area (Å²) in [6.45, 7) is 2.09. The SMILES string of the molecule is CN1CC=C(c2cnc3[nH]cc(-c4ccc5nnn(C)c5c4)c3c2)CC1. The molecule has 4 aromatic rings. The van der Waals surface area contributed by atoms with Gasteiger partial charge in [-0.1, -0.05) is 17.4 Å². The summed E-state index contributed by atoms with van der Waals surface area (Å²) in [7, 11) is 4.07. The van der Waals surface area contributed by atoms with Gasteiger partial charge in [-0.25, -0.2) is 9.67 Å². The van der Waals surface area contributed by atoms with Crippen LogP contribution in [-0.4, -0.2) is 50.0 Å². The fraction of sp³-hybridized carbons (Fsp3) is 0.250. The van der Waals surface area contributed by atoms with E-state index in [1.807, 2.05) is 25.5 Å². The maximum atomic E-state index is 4.65. The predicted molar refractivity (Wildman–Crippen MR) is 104 cm³/mol. The Labute approximate surface area is 151 Å². The van der Waals surface area contributed by atoms with E-state index in [-0.39, 0.29) is 0 Å². The van der Waals surface area contributed by atoms with Crippen LogP contribution in [0.5, 0.6) is 0 Å². The average molecular weight is 344 g/mol. The third-order valence-electron chi connectivity index (χ3n) is 5.24. The summed E-state index contributed by atoms with van der Waals surface area (Å²) < 4.78 is 1.81. The molecule has 0 amide bonds. The molecule has 0 radical (unpaired) electrons. The van der Waals surface area contributed by atoms with Crippen molar-refractivity contribution in [2.45, 2.75) is 6.42 Å². The highest BCUT2D eigenvalue weighted by Gasteiger charge is 2.14. The third-order valence-corrected chi connectivity index (χ3v) is 5.24. The van der Waals surface area contributed by atoms with Gasteiger partial charge in [-0.05, 0) is 48.4 Å². The van der Waals surface area contributed by atoms with Gasteiger partial charge in [0.2, 0.25) is 0 Å². The summed E-state index contributed by atoms with van der Waals surface area (Å²) in [4.78, 5) is 10.3. The summed E-state index contributed by atoms with van der Waals surface area (Å²) >= 11 is 0.